The van der Waals surface area contributed by atoms with E-state index in [2.05, 4.69) is 55.4 Å². The quantitative estimate of drug-likeness (QED) is 0.359. The van der Waals surface area contributed by atoms with Crippen LogP contribution in [0.1, 0.15) is 198 Å². The first-order valence-corrected chi connectivity index (χ1v) is 7.66. The van der Waals surface area contributed by atoms with Gasteiger partial charge in [-0.15, -0.1) is 0 Å². The highest BCUT2D eigenvalue weighted by molar-refractivity contribution is 3.93. The summed E-state index contributed by atoms with van der Waals surface area (Å²) in [6.07, 6.45) is 5.00. The Morgan fingerprint density at radius 2 is 0.214 bits per heavy atom. The fourth-order valence-electron chi connectivity index (χ4n) is 0. The Kier molecular flexibility index (Phi) is 8320. The Hall–Kier alpha value is 0. The summed E-state index contributed by atoms with van der Waals surface area (Å²) in [5.74, 6) is 0. The van der Waals surface area contributed by atoms with Crippen molar-refractivity contribution in [1.29, 1.82) is 0 Å². The van der Waals surface area contributed by atoms with Crippen LogP contribution in [-0.2, 0) is 0 Å². The van der Waals surface area contributed by atoms with Crippen molar-refractivity contribution in [2.45, 2.75) is 198 Å². The molecule has 0 atom stereocenters. The largest absolute Gasteiger partial charge is 0.0776 e. The van der Waals surface area contributed by atoms with Gasteiger partial charge in [-0.05, 0) is 0 Å². The molecule has 0 heterocycles. The molecule has 0 spiro atoms. The van der Waals surface area contributed by atoms with Crippen LogP contribution in [0, 0.1) is 0 Å². The van der Waals surface area contributed by atoms with E-state index in [1.54, 1.807) is 0 Å². The maximum Gasteiger partial charge on any atom is -0.0590 e. The van der Waals surface area contributed by atoms with Gasteiger partial charge in [0, 0.05) is 0 Å². The predicted octanol–water partition coefficient (Wildman–Crippen LogP) is 15.4. The lowest BCUT2D eigenvalue weighted by atomic mass is 10.6. The SMILES string of the molecule is C.C.C.C.C.C.C.C.C.C.C.C.CC.CC.CCC.CCC.CCC.CCC. The van der Waals surface area contributed by atoms with Gasteiger partial charge in [-0.1, -0.05) is 198 Å². The maximum absolute atomic E-state index is 2.12. The standard InChI is InChI=1S/4C3H8.2C2H6.12CH4/c4*1-3-2;2*1-2;;;;;;;;;;;;/h4*3H2,1-2H3;2*1-2H3;12*1H4. The molecule has 0 radical (unpaired) electrons. The molecule has 0 aliphatic rings. The molecule has 0 aliphatic carbocycles. The Bertz CT molecular complexity index is 8.00. The van der Waals surface area contributed by atoms with E-state index < -0.39 is 0 Å². The van der Waals surface area contributed by atoms with Gasteiger partial charge in [-0.25, -0.2) is 0 Å². The fourth-order valence-corrected chi connectivity index (χ4v) is 0. The Labute approximate surface area is 198 Å². The van der Waals surface area contributed by atoms with Crippen molar-refractivity contribution in [3.63, 3.8) is 0 Å². The molecule has 0 aliphatic heterocycles. The Morgan fingerprint density at radius 1 is 0.214 bits per heavy atom. The van der Waals surface area contributed by atoms with Crippen LogP contribution in [0.15, 0.2) is 0 Å². The molecule has 0 aromatic carbocycles. The summed E-state index contributed by atoms with van der Waals surface area (Å²) >= 11 is 0. The first-order chi connectivity index (χ1) is 7.66. The first kappa shape index (κ1) is 204. The van der Waals surface area contributed by atoms with Gasteiger partial charge >= 0.3 is 0 Å². The van der Waals surface area contributed by atoms with Crippen molar-refractivity contribution >= 4 is 0 Å². The summed E-state index contributed by atoms with van der Waals surface area (Å²) in [7, 11) is 0. The second-order valence-corrected chi connectivity index (χ2v) is 2.83. The summed E-state index contributed by atoms with van der Waals surface area (Å²) in [6, 6.07) is 0. The molecule has 0 saturated carbocycles. The van der Waals surface area contributed by atoms with Gasteiger partial charge < -0.3 is 0 Å². The van der Waals surface area contributed by atoms with E-state index in [-0.39, 0.29) is 89.1 Å². The van der Waals surface area contributed by atoms with Gasteiger partial charge in [0.05, 0.1) is 0 Å². The van der Waals surface area contributed by atoms with E-state index in [1.165, 1.54) is 25.7 Å². The molecule has 0 saturated heterocycles. The third kappa shape index (κ3) is 0. The minimum absolute atomic E-state index is 0. The van der Waals surface area contributed by atoms with Crippen molar-refractivity contribution in [3.8, 4) is 0 Å². The zero-order valence-electron chi connectivity index (χ0n) is 14.8. The smallest absolute Gasteiger partial charge is 0.0590 e. The first-order valence-electron chi connectivity index (χ1n) is 7.66. The van der Waals surface area contributed by atoms with E-state index in [0.717, 1.165) is 0 Å². The number of hydrogen-bond acceptors (Lipinski definition) is 0. The highest BCUT2D eigenvalue weighted by Gasteiger charge is 1.36. The predicted molar refractivity (Wildman–Crippen MR) is 167 cm³/mol. The van der Waals surface area contributed by atoms with Crippen LogP contribution in [0.25, 0.3) is 0 Å². The van der Waals surface area contributed by atoms with Crippen LogP contribution in [0.4, 0.5) is 0 Å². The second kappa shape index (κ2) is 1140. The van der Waals surface area contributed by atoms with Crippen molar-refractivity contribution in [3.05, 3.63) is 0 Å². The van der Waals surface area contributed by atoms with Crippen LogP contribution in [0.5, 0.6) is 0 Å². The summed E-state index contributed by atoms with van der Waals surface area (Å²) in [5.41, 5.74) is 0. The van der Waals surface area contributed by atoms with E-state index in [1.807, 2.05) is 27.7 Å². The minimum atomic E-state index is 0. The monoisotopic (exact) mass is 429 g/mol. The normalized spacial score (nSPS) is 3.00. The van der Waals surface area contributed by atoms with Crippen LogP contribution >= 0.6 is 0 Å². The van der Waals surface area contributed by atoms with Gasteiger partial charge in [0.15, 0.2) is 0 Å². The Morgan fingerprint density at radius 3 is 0.214 bits per heavy atom. The van der Waals surface area contributed by atoms with Crippen LogP contribution < -0.4 is 0 Å². The van der Waals surface area contributed by atoms with E-state index in [9.17, 15) is 0 Å². The topological polar surface area (TPSA) is 0 Å². The lowest BCUT2D eigenvalue weighted by Crippen LogP contribution is -1.27. The van der Waals surface area contributed by atoms with Crippen molar-refractivity contribution in [1.82, 2.24) is 0 Å². The van der Waals surface area contributed by atoms with Crippen molar-refractivity contribution < 1.29 is 0 Å². The van der Waals surface area contributed by atoms with Crippen molar-refractivity contribution in [2.24, 2.45) is 0 Å². The summed E-state index contributed by atoms with van der Waals surface area (Å²) in [5, 5.41) is 0. The molecule has 0 N–H and O–H groups in total. The molecular formula is C28H92. The van der Waals surface area contributed by atoms with Gasteiger partial charge in [-0.3, -0.25) is 0 Å². The zero-order valence-corrected chi connectivity index (χ0v) is 14.8. The lowest BCUT2D eigenvalue weighted by molar-refractivity contribution is 1.09. The molecule has 0 aromatic heterocycles. The minimum Gasteiger partial charge on any atom is -0.0776 e. The van der Waals surface area contributed by atoms with Gasteiger partial charge in [0.1, 0.15) is 0 Å². The highest BCUT2D eigenvalue weighted by atomic mass is 13.4. The van der Waals surface area contributed by atoms with Crippen LogP contribution in [0.2, 0.25) is 0 Å². The maximum atomic E-state index is 2.12. The molecule has 0 heteroatoms. The molecule has 0 bridgehead atoms. The number of rotatable bonds is 0. The highest BCUT2D eigenvalue weighted by Crippen LogP contribution is 1.57. The summed E-state index contributed by atoms with van der Waals surface area (Å²) in [6.45, 7) is 25.0. The molecule has 0 rings (SSSR count). The van der Waals surface area contributed by atoms with Gasteiger partial charge in [-0.2, -0.15) is 0 Å². The number of hydrogen-bond donors (Lipinski definition) is 0. The third-order valence-corrected chi connectivity index (χ3v) is 0. The average molecular weight is 429 g/mol. The second-order valence-electron chi connectivity index (χ2n) is 2.83. The third-order valence-electron chi connectivity index (χ3n) is 0. The van der Waals surface area contributed by atoms with Gasteiger partial charge in [0.2, 0.25) is 0 Å². The van der Waals surface area contributed by atoms with Crippen LogP contribution in [0.3, 0.4) is 0 Å². The zero-order chi connectivity index (χ0) is 14.8. The summed E-state index contributed by atoms with van der Waals surface area (Å²) < 4.78 is 0. The summed E-state index contributed by atoms with van der Waals surface area (Å²) in [4.78, 5) is 0. The molecular weight excluding hydrogens is 336 g/mol. The molecule has 0 aromatic rings. The molecule has 204 valence electrons. The average Bonchev–Trinajstić information content (AvgIpc) is 2.27. The molecule has 0 unspecified atom stereocenters. The molecule has 0 nitrogen and oxygen atoms in total. The van der Waals surface area contributed by atoms with E-state index in [0.29, 0.717) is 0 Å². The molecule has 0 amide bonds. The fraction of sp³-hybridized carbons (Fsp3) is 1.00. The van der Waals surface area contributed by atoms with E-state index in [4.69, 9.17) is 0 Å². The van der Waals surface area contributed by atoms with E-state index >= 15 is 0 Å². The van der Waals surface area contributed by atoms with Gasteiger partial charge in [0.25, 0.3) is 0 Å². The molecule has 0 fully saturated rings. The lowest BCUT2D eigenvalue weighted by Gasteiger charge is -1.48. The van der Waals surface area contributed by atoms with Crippen LogP contribution in [-0.4, -0.2) is 0 Å². The molecule has 28 heavy (non-hydrogen) atoms. The van der Waals surface area contributed by atoms with Crippen molar-refractivity contribution in [2.75, 3.05) is 0 Å². The Balaban J connectivity index is -0.00000000248.